The third kappa shape index (κ3) is 4.10. The van der Waals surface area contributed by atoms with Gasteiger partial charge < -0.3 is 15.4 Å². The van der Waals surface area contributed by atoms with E-state index in [4.69, 9.17) is 16.3 Å². The van der Waals surface area contributed by atoms with Crippen molar-refractivity contribution < 1.29 is 9.53 Å². The van der Waals surface area contributed by atoms with Crippen LogP contribution in [0, 0.1) is 0 Å². The van der Waals surface area contributed by atoms with Gasteiger partial charge in [-0.2, -0.15) is 0 Å². The summed E-state index contributed by atoms with van der Waals surface area (Å²) in [7, 11) is 1.52. The standard InChI is InChI=1S/C15H16ClN3O2/c1-10(11-5-7-17-8-6-11)18-15(20)19-12-3-4-13(16)14(9-12)21-2/h3-10H,1-2H3,(H2,18,19,20)/t10-/m0/s1. The predicted octanol–water partition coefficient (Wildman–Crippen LogP) is 3.63. The SMILES string of the molecule is COc1cc(NC(=O)N[C@@H](C)c2ccncc2)ccc1Cl. The van der Waals surface area contributed by atoms with E-state index >= 15 is 0 Å². The van der Waals surface area contributed by atoms with E-state index in [2.05, 4.69) is 15.6 Å². The van der Waals surface area contributed by atoms with Gasteiger partial charge in [0.15, 0.2) is 0 Å². The molecule has 0 saturated carbocycles. The van der Waals surface area contributed by atoms with Crippen LogP contribution in [0.3, 0.4) is 0 Å². The smallest absolute Gasteiger partial charge is 0.319 e. The Morgan fingerprint density at radius 2 is 2.00 bits per heavy atom. The van der Waals surface area contributed by atoms with E-state index in [0.29, 0.717) is 16.5 Å². The number of rotatable bonds is 4. The molecule has 0 saturated heterocycles. The summed E-state index contributed by atoms with van der Waals surface area (Å²) in [5.74, 6) is 0.511. The van der Waals surface area contributed by atoms with E-state index in [1.165, 1.54) is 7.11 Å². The number of methoxy groups -OCH3 is 1. The lowest BCUT2D eigenvalue weighted by Crippen LogP contribution is -2.31. The van der Waals surface area contributed by atoms with Crippen LogP contribution in [0.4, 0.5) is 10.5 Å². The molecule has 110 valence electrons. The normalized spacial score (nSPS) is 11.6. The number of carbonyl (C=O) groups excluding carboxylic acids is 1. The number of urea groups is 1. The second-order valence-electron chi connectivity index (χ2n) is 4.45. The van der Waals surface area contributed by atoms with E-state index < -0.39 is 0 Å². The molecule has 6 heteroatoms. The number of carbonyl (C=O) groups is 1. The van der Waals surface area contributed by atoms with Gasteiger partial charge in [-0.25, -0.2) is 4.79 Å². The Labute approximate surface area is 128 Å². The molecule has 0 spiro atoms. The lowest BCUT2D eigenvalue weighted by Gasteiger charge is -2.15. The lowest BCUT2D eigenvalue weighted by molar-refractivity contribution is 0.249. The van der Waals surface area contributed by atoms with Gasteiger partial charge in [0.1, 0.15) is 5.75 Å². The average molecular weight is 306 g/mol. The van der Waals surface area contributed by atoms with E-state index in [1.54, 1.807) is 30.6 Å². The molecule has 2 aromatic rings. The molecule has 0 fully saturated rings. The summed E-state index contributed by atoms with van der Waals surface area (Å²) >= 11 is 5.94. The van der Waals surface area contributed by atoms with Crippen molar-refractivity contribution in [2.24, 2.45) is 0 Å². The Bertz CT molecular complexity index is 620. The Morgan fingerprint density at radius 3 is 2.67 bits per heavy atom. The van der Waals surface area contributed by atoms with Gasteiger partial charge in [0, 0.05) is 24.1 Å². The summed E-state index contributed by atoms with van der Waals surface area (Å²) in [4.78, 5) is 15.9. The molecule has 2 rings (SSSR count). The number of halogens is 1. The maximum atomic E-state index is 12.0. The molecular weight excluding hydrogens is 290 g/mol. The first kappa shape index (κ1) is 15.1. The number of hydrogen-bond donors (Lipinski definition) is 2. The summed E-state index contributed by atoms with van der Waals surface area (Å²) in [6, 6.07) is 8.33. The Hall–Kier alpha value is -2.27. The predicted molar refractivity (Wildman–Crippen MR) is 82.8 cm³/mol. The highest BCUT2D eigenvalue weighted by Gasteiger charge is 2.10. The first-order chi connectivity index (χ1) is 10.1. The van der Waals surface area contributed by atoms with Crippen LogP contribution in [0.1, 0.15) is 18.5 Å². The maximum absolute atomic E-state index is 12.0. The molecule has 0 bridgehead atoms. The van der Waals surface area contributed by atoms with Gasteiger partial charge in [0.2, 0.25) is 0 Å². The average Bonchev–Trinajstić information content (AvgIpc) is 2.50. The maximum Gasteiger partial charge on any atom is 0.319 e. The highest BCUT2D eigenvalue weighted by atomic mass is 35.5. The van der Waals surface area contributed by atoms with Crippen LogP contribution < -0.4 is 15.4 Å². The number of amides is 2. The van der Waals surface area contributed by atoms with Crippen molar-refractivity contribution in [1.82, 2.24) is 10.3 Å². The molecule has 2 N–H and O–H groups in total. The van der Waals surface area contributed by atoms with Crippen molar-refractivity contribution in [3.05, 3.63) is 53.3 Å². The fourth-order valence-electron chi connectivity index (χ4n) is 1.84. The number of pyridine rings is 1. The number of aromatic nitrogens is 1. The number of benzene rings is 1. The van der Waals surface area contributed by atoms with Crippen molar-refractivity contribution in [2.45, 2.75) is 13.0 Å². The highest BCUT2D eigenvalue weighted by Crippen LogP contribution is 2.27. The molecule has 2 amide bonds. The minimum absolute atomic E-state index is 0.123. The van der Waals surface area contributed by atoms with Crippen molar-refractivity contribution >= 4 is 23.3 Å². The monoisotopic (exact) mass is 305 g/mol. The third-order valence-corrected chi connectivity index (χ3v) is 3.27. The van der Waals surface area contributed by atoms with E-state index in [-0.39, 0.29) is 12.1 Å². The Morgan fingerprint density at radius 1 is 1.29 bits per heavy atom. The molecule has 1 aromatic heterocycles. The first-order valence-electron chi connectivity index (χ1n) is 6.41. The van der Waals surface area contributed by atoms with Crippen molar-refractivity contribution in [2.75, 3.05) is 12.4 Å². The van der Waals surface area contributed by atoms with Gasteiger partial charge in [-0.3, -0.25) is 4.98 Å². The van der Waals surface area contributed by atoms with Crippen LogP contribution in [0.15, 0.2) is 42.7 Å². The van der Waals surface area contributed by atoms with Gasteiger partial charge >= 0.3 is 6.03 Å². The largest absolute Gasteiger partial charge is 0.495 e. The van der Waals surface area contributed by atoms with Crippen LogP contribution in [-0.2, 0) is 0 Å². The quantitative estimate of drug-likeness (QED) is 0.906. The number of hydrogen-bond acceptors (Lipinski definition) is 3. The van der Waals surface area contributed by atoms with Crippen LogP contribution in [0.5, 0.6) is 5.75 Å². The zero-order chi connectivity index (χ0) is 15.2. The molecule has 0 aliphatic heterocycles. The zero-order valence-electron chi connectivity index (χ0n) is 11.8. The number of nitrogens with one attached hydrogen (secondary N) is 2. The van der Waals surface area contributed by atoms with Crippen LogP contribution in [0.25, 0.3) is 0 Å². The molecule has 1 heterocycles. The minimum Gasteiger partial charge on any atom is -0.495 e. The number of anilines is 1. The molecule has 0 aliphatic rings. The second-order valence-corrected chi connectivity index (χ2v) is 4.86. The summed E-state index contributed by atoms with van der Waals surface area (Å²) in [6.45, 7) is 1.90. The second kappa shape index (κ2) is 6.95. The van der Waals surface area contributed by atoms with E-state index in [1.807, 2.05) is 19.1 Å². The summed E-state index contributed by atoms with van der Waals surface area (Å²) in [6.07, 6.45) is 3.38. The van der Waals surface area contributed by atoms with Crippen LogP contribution >= 0.6 is 11.6 Å². The topological polar surface area (TPSA) is 63.2 Å². The molecule has 0 aliphatic carbocycles. The first-order valence-corrected chi connectivity index (χ1v) is 6.79. The van der Waals surface area contributed by atoms with Crippen molar-refractivity contribution in [3.8, 4) is 5.75 Å². The van der Waals surface area contributed by atoms with Crippen molar-refractivity contribution in [1.29, 1.82) is 0 Å². The summed E-state index contributed by atoms with van der Waals surface area (Å²) in [5, 5.41) is 6.08. The Kier molecular flexibility index (Phi) is 5.00. The number of ether oxygens (including phenoxy) is 1. The molecule has 1 aromatic carbocycles. The summed E-state index contributed by atoms with van der Waals surface area (Å²) in [5.41, 5.74) is 1.59. The molecule has 5 nitrogen and oxygen atoms in total. The van der Waals surface area contributed by atoms with Crippen LogP contribution in [-0.4, -0.2) is 18.1 Å². The Balaban J connectivity index is 1.99. The third-order valence-electron chi connectivity index (χ3n) is 2.96. The van der Waals surface area contributed by atoms with E-state index in [0.717, 1.165) is 5.56 Å². The number of nitrogens with zero attached hydrogens (tertiary/aromatic N) is 1. The minimum atomic E-state index is -0.302. The molecule has 0 radical (unpaired) electrons. The fourth-order valence-corrected chi connectivity index (χ4v) is 2.03. The van der Waals surface area contributed by atoms with Gasteiger partial charge in [-0.1, -0.05) is 11.6 Å². The van der Waals surface area contributed by atoms with Gasteiger partial charge in [0.25, 0.3) is 0 Å². The molecule has 0 unspecified atom stereocenters. The summed E-state index contributed by atoms with van der Waals surface area (Å²) < 4.78 is 5.11. The molecule has 1 atom stereocenters. The van der Waals surface area contributed by atoms with Gasteiger partial charge in [-0.15, -0.1) is 0 Å². The highest BCUT2D eigenvalue weighted by molar-refractivity contribution is 6.32. The van der Waals surface area contributed by atoms with Crippen molar-refractivity contribution in [3.63, 3.8) is 0 Å². The zero-order valence-corrected chi connectivity index (χ0v) is 12.5. The van der Waals surface area contributed by atoms with Crippen LogP contribution in [0.2, 0.25) is 5.02 Å². The van der Waals surface area contributed by atoms with E-state index in [9.17, 15) is 4.79 Å². The van der Waals surface area contributed by atoms with Gasteiger partial charge in [0.05, 0.1) is 18.2 Å². The molecular formula is C15H16ClN3O2. The molecule has 21 heavy (non-hydrogen) atoms. The fraction of sp³-hybridized carbons (Fsp3) is 0.200. The van der Waals surface area contributed by atoms with Gasteiger partial charge in [-0.05, 0) is 36.8 Å². The lowest BCUT2D eigenvalue weighted by atomic mass is 10.1.